The van der Waals surface area contributed by atoms with Crippen molar-refractivity contribution in [1.29, 1.82) is 0 Å². The molecule has 3 aromatic carbocycles. The van der Waals surface area contributed by atoms with E-state index in [-0.39, 0.29) is 17.7 Å². The van der Waals surface area contributed by atoms with Crippen LogP contribution >= 0.6 is 11.6 Å². The Morgan fingerprint density at radius 1 is 0.778 bits per heavy atom. The Morgan fingerprint density at radius 2 is 1.44 bits per heavy atom. The predicted molar refractivity (Wildman–Crippen MR) is 109 cm³/mol. The largest absolute Gasteiger partial charge is 0.325 e. The molecule has 2 unspecified atom stereocenters. The first-order chi connectivity index (χ1) is 13.2. The summed E-state index contributed by atoms with van der Waals surface area (Å²) < 4.78 is 0. The molecule has 1 aliphatic heterocycles. The standard InChI is InChI=1S/C24H18ClNO/c25-18-12-10-16(11-13-18)21-20-14-17-8-4-5-9-19(17)23(20)26-24(27)22(21)15-6-2-1-3-7-15/h1-13,21-22H,14H2,(H,26,27). The lowest BCUT2D eigenvalue weighted by molar-refractivity contribution is -0.122. The van der Waals surface area contributed by atoms with E-state index in [0.29, 0.717) is 5.02 Å². The third-order valence-corrected chi connectivity index (χ3v) is 5.87. The molecule has 1 heterocycles. The number of carbonyl (C=O) groups is 1. The minimum absolute atomic E-state index is 0.000756. The molecule has 1 N–H and O–H groups in total. The van der Waals surface area contributed by atoms with Crippen molar-refractivity contribution in [3.8, 4) is 0 Å². The SMILES string of the molecule is O=C1NC2=C(Cc3ccccc32)C(c2ccc(Cl)cc2)C1c1ccccc1. The van der Waals surface area contributed by atoms with Gasteiger partial charge in [-0.05, 0) is 40.8 Å². The maximum atomic E-state index is 13.2. The fourth-order valence-electron chi connectivity index (χ4n) is 4.42. The van der Waals surface area contributed by atoms with Gasteiger partial charge in [-0.2, -0.15) is 0 Å². The number of hydrogen-bond donors (Lipinski definition) is 1. The Labute approximate surface area is 163 Å². The van der Waals surface area contributed by atoms with Gasteiger partial charge >= 0.3 is 0 Å². The van der Waals surface area contributed by atoms with Crippen LogP contribution in [0.25, 0.3) is 5.70 Å². The fraction of sp³-hybridized carbons (Fsp3) is 0.125. The van der Waals surface area contributed by atoms with E-state index in [9.17, 15) is 4.79 Å². The van der Waals surface area contributed by atoms with Gasteiger partial charge in [0.05, 0.1) is 5.92 Å². The van der Waals surface area contributed by atoms with Crippen molar-refractivity contribution in [2.75, 3.05) is 0 Å². The van der Waals surface area contributed by atoms with Crippen molar-refractivity contribution >= 4 is 23.2 Å². The van der Waals surface area contributed by atoms with E-state index in [2.05, 4.69) is 35.6 Å². The smallest absolute Gasteiger partial charge is 0.232 e. The lowest BCUT2D eigenvalue weighted by Crippen LogP contribution is -2.37. The van der Waals surface area contributed by atoms with Gasteiger partial charge in [0.1, 0.15) is 0 Å². The van der Waals surface area contributed by atoms with Crippen LogP contribution in [0.4, 0.5) is 0 Å². The molecule has 0 radical (unpaired) electrons. The van der Waals surface area contributed by atoms with E-state index in [1.165, 1.54) is 11.1 Å². The van der Waals surface area contributed by atoms with E-state index >= 15 is 0 Å². The highest BCUT2D eigenvalue weighted by atomic mass is 35.5. The maximum Gasteiger partial charge on any atom is 0.232 e. The van der Waals surface area contributed by atoms with Gasteiger partial charge in [0.2, 0.25) is 5.91 Å². The Hall–Kier alpha value is -2.84. The van der Waals surface area contributed by atoms with Crippen molar-refractivity contribution in [2.45, 2.75) is 18.3 Å². The lowest BCUT2D eigenvalue weighted by Gasteiger charge is -2.34. The third-order valence-electron chi connectivity index (χ3n) is 5.62. The predicted octanol–water partition coefficient (Wildman–Crippen LogP) is 5.30. The number of fused-ring (bicyclic) bond motifs is 2. The van der Waals surface area contributed by atoms with Gasteiger partial charge < -0.3 is 5.32 Å². The fourth-order valence-corrected chi connectivity index (χ4v) is 4.55. The number of amides is 1. The highest BCUT2D eigenvalue weighted by Crippen LogP contribution is 2.49. The number of nitrogens with one attached hydrogen (secondary N) is 1. The molecule has 0 fully saturated rings. The van der Waals surface area contributed by atoms with Gasteiger partial charge in [0, 0.05) is 22.2 Å². The Morgan fingerprint density at radius 3 is 2.22 bits per heavy atom. The molecule has 3 heteroatoms. The molecular weight excluding hydrogens is 354 g/mol. The van der Waals surface area contributed by atoms with E-state index in [1.807, 2.05) is 48.5 Å². The van der Waals surface area contributed by atoms with Crippen LogP contribution in [-0.4, -0.2) is 5.91 Å². The van der Waals surface area contributed by atoms with E-state index in [4.69, 9.17) is 11.6 Å². The van der Waals surface area contributed by atoms with Crippen molar-refractivity contribution in [1.82, 2.24) is 5.32 Å². The Kier molecular flexibility index (Phi) is 3.87. The minimum Gasteiger partial charge on any atom is -0.325 e. The molecule has 5 rings (SSSR count). The van der Waals surface area contributed by atoms with Gasteiger partial charge in [0.15, 0.2) is 0 Å². The van der Waals surface area contributed by atoms with Crippen LogP contribution < -0.4 is 5.32 Å². The normalized spacial score (nSPS) is 20.9. The summed E-state index contributed by atoms with van der Waals surface area (Å²) in [6, 6.07) is 26.3. The average molecular weight is 372 g/mol. The van der Waals surface area contributed by atoms with E-state index in [0.717, 1.165) is 28.8 Å². The number of benzene rings is 3. The van der Waals surface area contributed by atoms with E-state index < -0.39 is 0 Å². The zero-order valence-corrected chi connectivity index (χ0v) is 15.4. The summed E-state index contributed by atoms with van der Waals surface area (Å²) in [4.78, 5) is 13.2. The second-order valence-electron chi connectivity index (χ2n) is 7.14. The highest BCUT2D eigenvalue weighted by molar-refractivity contribution is 6.30. The summed E-state index contributed by atoms with van der Waals surface area (Å²) in [5.41, 5.74) is 6.86. The van der Waals surface area contributed by atoms with Crippen molar-refractivity contribution < 1.29 is 4.79 Å². The van der Waals surface area contributed by atoms with Gasteiger partial charge in [0.25, 0.3) is 0 Å². The molecule has 132 valence electrons. The summed E-state index contributed by atoms with van der Waals surface area (Å²) in [6.07, 6.45) is 0.864. The molecule has 27 heavy (non-hydrogen) atoms. The summed E-state index contributed by atoms with van der Waals surface area (Å²) in [7, 11) is 0. The zero-order valence-electron chi connectivity index (χ0n) is 14.7. The first kappa shape index (κ1) is 16.3. The van der Waals surface area contributed by atoms with Crippen molar-refractivity contribution in [2.24, 2.45) is 0 Å². The Balaban J connectivity index is 1.70. The van der Waals surface area contributed by atoms with Gasteiger partial charge in [-0.1, -0.05) is 78.3 Å². The lowest BCUT2D eigenvalue weighted by atomic mass is 9.73. The summed E-state index contributed by atoms with van der Waals surface area (Å²) in [5, 5.41) is 3.92. The van der Waals surface area contributed by atoms with Crippen LogP contribution in [0, 0.1) is 0 Å². The minimum atomic E-state index is -0.250. The quantitative estimate of drug-likeness (QED) is 0.650. The first-order valence-electron chi connectivity index (χ1n) is 9.15. The molecule has 2 atom stereocenters. The number of carbonyl (C=O) groups excluding carboxylic acids is 1. The highest BCUT2D eigenvalue weighted by Gasteiger charge is 2.42. The Bertz CT molecular complexity index is 1050. The average Bonchev–Trinajstić information content (AvgIpc) is 3.07. The topological polar surface area (TPSA) is 29.1 Å². The molecule has 2 nitrogen and oxygen atoms in total. The number of hydrogen-bond acceptors (Lipinski definition) is 1. The van der Waals surface area contributed by atoms with Crippen molar-refractivity contribution in [3.05, 3.63) is 112 Å². The third kappa shape index (κ3) is 2.68. The van der Waals surface area contributed by atoms with Crippen LogP contribution in [0.2, 0.25) is 5.02 Å². The van der Waals surface area contributed by atoms with E-state index in [1.54, 1.807) is 0 Å². The molecule has 0 spiro atoms. The molecule has 0 saturated carbocycles. The number of halogens is 1. The van der Waals surface area contributed by atoms with Crippen LogP contribution in [-0.2, 0) is 11.2 Å². The van der Waals surface area contributed by atoms with Crippen LogP contribution in [0.3, 0.4) is 0 Å². The summed E-state index contributed by atoms with van der Waals surface area (Å²) in [5.74, 6) is -0.196. The summed E-state index contributed by atoms with van der Waals surface area (Å²) >= 11 is 6.13. The molecule has 0 bridgehead atoms. The van der Waals surface area contributed by atoms with Crippen LogP contribution in [0.1, 0.15) is 34.1 Å². The second-order valence-corrected chi connectivity index (χ2v) is 7.58. The number of rotatable bonds is 2. The number of allylic oxidation sites excluding steroid dienone is 1. The molecule has 0 saturated heterocycles. The molecule has 0 aromatic heterocycles. The zero-order chi connectivity index (χ0) is 18.4. The van der Waals surface area contributed by atoms with Crippen LogP contribution in [0.5, 0.6) is 0 Å². The molecule has 3 aromatic rings. The molecule has 1 aliphatic carbocycles. The van der Waals surface area contributed by atoms with Crippen LogP contribution in [0.15, 0.2) is 84.4 Å². The molecular formula is C24H18ClNO. The maximum absolute atomic E-state index is 13.2. The van der Waals surface area contributed by atoms with Gasteiger partial charge in [-0.3, -0.25) is 4.79 Å². The second kappa shape index (κ2) is 6.40. The monoisotopic (exact) mass is 371 g/mol. The molecule has 1 amide bonds. The van der Waals surface area contributed by atoms with Gasteiger partial charge in [-0.25, -0.2) is 0 Å². The summed E-state index contributed by atoms with van der Waals surface area (Å²) in [6.45, 7) is 0. The van der Waals surface area contributed by atoms with Gasteiger partial charge in [-0.15, -0.1) is 0 Å². The van der Waals surface area contributed by atoms with Crippen molar-refractivity contribution in [3.63, 3.8) is 0 Å². The molecule has 2 aliphatic rings. The first-order valence-corrected chi connectivity index (χ1v) is 9.53.